The summed E-state index contributed by atoms with van der Waals surface area (Å²) in [5, 5.41) is 8.25. The van der Waals surface area contributed by atoms with Crippen LogP contribution in [0.2, 0.25) is 0 Å². The van der Waals surface area contributed by atoms with E-state index in [0.29, 0.717) is 17.6 Å². The van der Waals surface area contributed by atoms with Crippen LogP contribution >= 0.6 is 0 Å². The third-order valence-electron chi connectivity index (χ3n) is 4.88. The molecule has 1 amide bonds. The third-order valence-corrected chi connectivity index (χ3v) is 6.19. The average Bonchev–Trinajstić information content (AvgIpc) is 2.78. The highest BCUT2D eigenvalue weighted by Gasteiger charge is 2.15. The van der Waals surface area contributed by atoms with Crippen LogP contribution < -0.4 is 20.3 Å². The first-order valence-electron chi connectivity index (χ1n) is 10.8. The van der Waals surface area contributed by atoms with Gasteiger partial charge >= 0.3 is 0 Å². The smallest absolute Gasteiger partial charge is 0.232 e. The normalized spacial score (nSPS) is 11.4. The topological polar surface area (TPSA) is 159 Å². The maximum absolute atomic E-state index is 11.8. The van der Waals surface area contributed by atoms with E-state index < -0.39 is 20.1 Å². The Bertz CT molecular complexity index is 1610. The van der Waals surface area contributed by atoms with Gasteiger partial charge in [0.15, 0.2) is 0 Å². The molecule has 0 atom stereocenters. The van der Waals surface area contributed by atoms with E-state index in [1.807, 2.05) is 54.6 Å². The molecule has 0 radical (unpaired) electrons. The molecule has 0 saturated heterocycles. The lowest BCUT2D eigenvalue weighted by atomic mass is 10.1. The first kappa shape index (κ1) is 26.9. The highest BCUT2D eigenvalue weighted by Crippen LogP contribution is 2.32. The summed E-state index contributed by atoms with van der Waals surface area (Å²) in [5.41, 5.74) is 4.79. The lowest BCUT2D eigenvalue weighted by molar-refractivity contribution is -0.310. The predicted octanol–water partition coefficient (Wildman–Crippen LogP) is 3.43. The van der Waals surface area contributed by atoms with Crippen molar-refractivity contribution in [2.75, 3.05) is 27.4 Å². The highest BCUT2D eigenvalue weighted by atomic mass is 32.2. The Morgan fingerprint density at radius 2 is 1.42 bits per heavy atom. The van der Waals surface area contributed by atoms with Gasteiger partial charge in [-0.05, 0) is 49.4 Å². The first-order chi connectivity index (χ1) is 16.8. The Kier molecular flexibility index (Phi) is 8.13. The number of aromatic amines is 1. The van der Waals surface area contributed by atoms with Crippen molar-refractivity contribution in [2.24, 2.45) is 0 Å². The molecule has 0 aliphatic heterocycles. The van der Waals surface area contributed by atoms with Crippen LogP contribution in [0.5, 0.6) is 0 Å². The monoisotopic (exact) mass is 530 g/mol. The Hall–Kier alpha value is -3.74. The molecule has 0 spiro atoms. The SMILES string of the molecule is CCS(=O)(=O)Nc1ccc(Nc2c3ccccc3[nH+]c3cc(NC(C)=O)ccc23)cc1.CS(=O)(=O)[O-]. The Labute approximate surface area is 209 Å². The minimum Gasteiger partial charge on any atom is -0.748 e. The van der Waals surface area contributed by atoms with Gasteiger partial charge < -0.3 is 15.2 Å². The number of carbonyl (C=O) groups is 1. The molecule has 4 rings (SSSR count). The largest absolute Gasteiger partial charge is 0.748 e. The van der Waals surface area contributed by atoms with E-state index in [4.69, 9.17) is 13.0 Å². The number of hydrogen-bond acceptors (Lipinski definition) is 7. The van der Waals surface area contributed by atoms with Gasteiger partial charge in [-0.2, -0.15) is 0 Å². The van der Waals surface area contributed by atoms with Crippen molar-refractivity contribution in [1.82, 2.24) is 0 Å². The zero-order valence-electron chi connectivity index (χ0n) is 19.8. The zero-order chi connectivity index (χ0) is 26.5. The van der Waals surface area contributed by atoms with Crippen molar-refractivity contribution in [2.45, 2.75) is 13.8 Å². The van der Waals surface area contributed by atoms with Gasteiger partial charge in [-0.3, -0.25) is 9.52 Å². The molecular weight excluding hydrogens is 504 g/mol. The van der Waals surface area contributed by atoms with Gasteiger partial charge in [0.05, 0.1) is 32.3 Å². The lowest BCUT2D eigenvalue weighted by Crippen LogP contribution is -2.14. The van der Waals surface area contributed by atoms with Crippen LogP contribution in [0.15, 0.2) is 66.7 Å². The summed E-state index contributed by atoms with van der Waals surface area (Å²) in [7, 11) is -7.24. The number of carbonyl (C=O) groups excluding carboxylic acids is 1. The fraction of sp³-hybridized carbons (Fsp3) is 0.167. The van der Waals surface area contributed by atoms with Crippen LogP contribution in [0.4, 0.5) is 22.7 Å². The maximum Gasteiger partial charge on any atom is 0.232 e. The molecule has 4 N–H and O–H groups in total. The summed E-state index contributed by atoms with van der Waals surface area (Å²) in [4.78, 5) is 14.8. The standard InChI is InChI=1S/C23H22N4O3S.CH4O3S/c1-3-31(29,30)27-17-10-8-16(9-11-17)25-23-19-6-4-5-7-21(19)26-22-14-18(24-15(2)28)12-13-20(22)23;1-5(2,3)4/h4-14,27H,3H2,1-2H3,(H,24,28)(H,25,26);1H3,(H,2,3,4). The summed E-state index contributed by atoms with van der Waals surface area (Å²) in [6.45, 7) is 3.07. The van der Waals surface area contributed by atoms with Gasteiger partial charge in [0.25, 0.3) is 0 Å². The van der Waals surface area contributed by atoms with Crippen molar-refractivity contribution in [1.29, 1.82) is 0 Å². The van der Waals surface area contributed by atoms with Crippen LogP contribution in [0.25, 0.3) is 21.8 Å². The molecule has 0 aliphatic rings. The molecule has 0 bridgehead atoms. The van der Waals surface area contributed by atoms with E-state index in [1.165, 1.54) is 6.92 Å². The first-order valence-corrected chi connectivity index (χ1v) is 14.3. The summed E-state index contributed by atoms with van der Waals surface area (Å²) in [6.07, 6.45) is 0.604. The number of anilines is 4. The zero-order valence-corrected chi connectivity index (χ0v) is 21.5. The fourth-order valence-electron chi connectivity index (χ4n) is 3.40. The van der Waals surface area contributed by atoms with Gasteiger partial charge in [0.2, 0.25) is 27.0 Å². The number of para-hydroxylation sites is 1. The van der Waals surface area contributed by atoms with E-state index in [-0.39, 0.29) is 11.7 Å². The number of pyridine rings is 1. The fourth-order valence-corrected chi connectivity index (χ4v) is 4.04. The average molecular weight is 531 g/mol. The van der Waals surface area contributed by atoms with Crippen molar-refractivity contribution in [3.63, 3.8) is 0 Å². The van der Waals surface area contributed by atoms with E-state index in [0.717, 1.165) is 33.2 Å². The Balaban J connectivity index is 0.000000658. The molecule has 1 heterocycles. The lowest BCUT2D eigenvalue weighted by Gasteiger charge is -2.12. The number of fused-ring (bicyclic) bond motifs is 2. The summed E-state index contributed by atoms with van der Waals surface area (Å²) >= 11 is 0. The van der Waals surface area contributed by atoms with Gasteiger partial charge in [0.1, 0.15) is 0 Å². The van der Waals surface area contributed by atoms with E-state index in [2.05, 4.69) is 20.3 Å². The van der Waals surface area contributed by atoms with Gasteiger partial charge in [-0.1, -0.05) is 12.1 Å². The van der Waals surface area contributed by atoms with Crippen molar-refractivity contribution in [3.8, 4) is 0 Å². The molecule has 190 valence electrons. The molecule has 0 fully saturated rings. The minimum absolute atomic E-state index is 0.0198. The summed E-state index contributed by atoms with van der Waals surface area (Å²) < 4.78 is 53.3. The highest BCUT2D eigenvalue weighted by molar-refractivity contribution is 7.92. The van der Waals surface area contributed by atoms with Crippen molar-refractivity contribution in [3.05, 3.63) is 66.7 Å². The number of aromatic nitrogens is 1. The maximum atomic E-state index is 11.8. The second kappa shape index (κ2) is 10.9. The Morgan fingerprint density at radius 1 is 0.861 bits per heavy atom. The van der Waals surface area contributed by atoms with Crippen LogP contribution in [-0.2, 0) is 24.9 Å². The van der Waals surface area contributed by atoms with Gasteiger partial charge in [-0.25, -0.2) is 21.8 Å². The molecule has 3 aromatic carbocycles. The van der Waals surface area contributed by atoms with Crippen molar-refractivity contribution >= 4 is 70.6 Å². The molecule has 1 aromatic heterocycles. The number of rotatable bonds is 6. The van der Waals surface area contributed by atoms with Gasteiger partial charge in [-0.15, -0.1) is 0 Å². The second-order valence-electron chi connectivity index (χ2n) is 7.90. The number of hydrogen-bond donors (Lipinski definition) is 3. The number of H-pyrrole nitrogens is 1. The van der Waals surface area contributed by atoms with Gasteiger partial charge in [0, 0.05) is 42.4 Å². The molecule has 10 nitrogen and oxygen atoms in total. The van der Waals surface area contributed by atoms with Crippen LogP contribution in [0, 0.1) is 0 Å². The molecule has 0 unspecified atom stereocenters. The number of nitrogens with one attached hydrogen (secondary N) is 4. The third kappa shape index (κ3) is 7.63. The summed E-state index contributed by atoms with van der Waals surface area (Å²) in [6, 6.07) is 20.8. The van der Waals surface area contributed by atoms with E-state index >= 15 is 0 Å². The quantitative estimate of drug-likeness (QED) is 0.254. The molecule has 4 aromatic rings. The van der Waals surface area contributed by atoms with Crippen LogP contribution in [0.1, 0.15) is 13.8 Å². The predicted molar refractivity (Wildman–Crippen MR) is 141 cm³/mol. The molecule has 36 heavy (non-hydrogen) atoms. The summed E-state index contributed by atoms with van der Waals surface area (Å²) in [5.74, 6) is -0.108. The number of amides is 1. The van der Waals surface area contributed by atoms with Crippen molar-refractivity contribution < 1.29 is 31.2 Å². The number of sulfonamides is 1. The molecule has 12 heteroatoms. The molecular formula is C24H26N4O6S2. The van der Waals surface area contributed by atoms with E-state index in [1.54, 1.807) is 19.1 Å². The minimum atomic E-state index is -3.92. The second-order valence-corrected chi connectivity index (χ2v) is 11.3. The molecule has 0 aliphatic carbocycles. The number of benzene rings is 3. The van der Waals surface area contributed by atoms with Crippen LogP contribution in [0.3, 0.4) is 0 Å². The van der Waals surface area contributed by atoms with Crippen LogP contribution in [-0.4, -0.2) is 39.3 Å². The molecule has 0 saturated carbocycles. The Morgan fingerprint density at radius 3 is 2.03 bits per heavy atom. The van der Waals surface area contributed by atoms with E-state index in [9.17, 15) is 13.2 Å².